The van der Waals surface area contributed by atoms with Crippen molar-refractivity contribution in [3.05, 3.63) is 58.2 Å². The fraction of sp³-hybridized carbons (Fsp3) is 0.500. The van der Waals surface area contributed by atoms with Crippen LogP contribution in [-0.2, 0) is 31.8 Å². The van der Waals surface area contributed by atoms with Gasteiger partial charge < -0.3 is 24.7 Å². The molecule has 0 aromatic carbocycles. The van der Waals surface area contributed by atoms with Crippen molar-refractivity contribution in [2.45, 2.75) is 38.3 Å². The average molecular weight is 418 g/mol. The van der Waals surface area contributed by atoms with Gasteiger partial charge in [-0.3, -0.25) is 20.1 Å². The molecule has 4 rings (SSSR count). The molecular formula is C20H26N4O6. The molecule has 10 nitrogen and oxygen atoms in total. The number of nitrogens with zero attached hydrogens (tertiary/aromatic N) is 3. The molecule has 0 radical (unpaired) electrons. The molecule has 2 fully saturated rings. The molecule has 30 heavy (non-hydrogen) atoms. The van der Waals surface area contributed by atoms with E-state index in [4.69, 9.17) is 24.7 Å². The monoisotopic (exact) mass is 418 g/mol. The molecule has 2 aromatic rings. The van der Waals surface area contributed by atoms with Gasteiger partial charge in [0, 0.05) is 37.7 Å². The van der Waals surface area contributed by atoms with Gasteiger partial charge >= 0.3 is 0 Å². The Morgan fingerprint density at radius 2 is 1.40 bits per heavy atom. The van der Waals surface area contributed by atoms with Gasteiger partial charge in [0.1, 0.15) is 5.69 Å². The summed E-state index contributed by atoms with van der Waals surface area (Å²) in [5.74, 6) is 0. The van der Waals surface area contributed by atoms with E-state index in [1.54, 1.807) is 18.5 Å². The highest BCUT2D eigenvalue weighted by molar-refractivity contribution is 5.41. The van der Waals surface area contributed by atoms with Gasteiger partial charge in [-0.2, -0.15) is 0 Å². The van der Waals surface area contributed by atoms with E-state index in [9.17, 15) is 10.1 Å². The highest BCUT2D eigenvalue weighted by atomic mass is 16.7. The van der Waals surface area contributed by atoms with E-state index >= 15 is 0 Å². The lowest BCUT2D eigenvalue weighted by Gasteiger charge is -2.08. The molecule has 2 aromatic heterocycles. The summed E-state index contributed by atoms with van der Waals surface area (Å²) in [6.45, 7) is 2.58. The second kappa shape index (κ2) is 11.5. The number of nitrogen functional groups attached to an aromatic ring is 1. The zero-order valence-corrected chi connectivity index (χ0v) is 16.6. The molecular weight excluding hydrogens is 392 g/mol. The topological polar surface area (TPSA) is 132 Å². The van der Waals surface area contributed by atoms with Crippen LogP contribution in [0, 0.1) is 10.1 Å². The second-order valence-corrected chi connectivity index (χ2v) is 6.69. The number of aryl methyl sites for hydroxylation is 2. The van der Waals surface area contributed by atoms with Gasteiger partial charge in [-0.15, -0.1) is 0 Å². The maximum Gasteiger partial charge on any atom is 0.290 e. The Morgan fingerprint density at radius 3 is 1.93 bits per heavy atom. The molecule has 0 amide bonds. The van der Waals surface area contributed by atoms with Crippen molar-refractivity contribution < 1.29 is 23.9 Å². The number of aromatic nitrogens is 2. The van der Waals surface area contributed by atoms with Crippen molar-refractivity contribution in [3.63, 3.8) is 0 Å². The molecule has 2 saturated heterocycles. The molecule has 0 bridgehead atoms. The summed E-state index contributed by atoms with van der Waals surface area (Å²) in [7, 11) is 0. The smallest absolute Gasteiger partial charge is 0.290 e. The van der Waals surface area contributed by atoms with Crippen LogP contribution < -0.4 is 5.73 Å². The molecule has 0 aliphatic carbocycles. The Bertz CT molecular complexity index is 809. The fourth-order valence-corrected chi connectivity index (χ4v) is 3.10. The maximum atomic E-state index is 10.7. The van der Waals surface area contributed by atoms with Gasteiger partial charge in [0.15, 0.2) is 12.6 Å². The second-order valence-electron chi connectivity index (χ2n) is 6.69. The van der Waals surface area contributed by atoms with Crippen LogP contribution in [0.25, 0.3) is 0 Å². The Balaban J connectivity index is 0.000000172. The molecule has 2 aliphatic heterocycles. The number of nitrogens with two attached hydrogens (primary N) is 1. The SMILES string of the molecule is Nc1cccnc1CCC1OCCO1.O=[N+]([O-])c1cccnc1CCC1OCCO1. The predicted octanol–water partition coefficient (Wildman–Crippen LogP) is 2.26. The van der Waals surface area contributed by atoms with Crippen molar-refractivity contribution >= 4 is 11.4 Å². The predicted molar refractivity (Wildman–Crippen MR) is 108 cm³/mol. The van der Waals surface area contributed by atoms with Crippen molar-refractivity contribution in [1.82, 2.24) is 9.97 Å². The van der Waals surface area contributed by atoms with Gasteiger partial charge in [0.05, 0.1) is 42.7 Å². The first-order valence-corrected chi connectivity index (χ1v) is 9.87. The normalized spacial score (nSPS) is 16.9. The summed E-state index contributed by atoms with van der Waals surface area (Å²) in [4.78, 5) is 18.5. The number of pyridine rings is 2. The molecule has 0 saturated carbocycles. The van der Waals surface area contributed by atoms with Crippen molar-refractivity contribution in [2.24, 2.45) is 0 Å². The van der Waals surface area contributed by atoms with Gasteiger partial charge in [-0.05, 0) is 24.6 Å². The first-order valence-electron chi connectivity index (χ1n) is 9.87. The first kappa shape index (κ1) is 22.0. The average Bonchev–Trinajstić information content (AvgIpc) is 3.46. The third-order valence-electron chi connectivity index (χ3n) is 4.60. The number of hydrogen-bond acceptors (Lipinski definition) is 9. The van der Waals surface area contributed by atoms with Crippen LogP contribution in [-0.4, -0.2) is 53.9 Å². The third kappa shape index (κ3) is 6.70. The summed E-state index contributed by atoms with van der Waals surface area (Å²) >= 11 is 0. The zero-order valence-electron chi connectivity index (χ0n) is 16.6. The summed E-state index contributed by atoms with van der Waals surface area (Å²) < 4.78 is 21.2. The van der Waals surface area contributed by atoms with Crippen LogP contribution in [0.1, 0.15) is 24.2 Å². The number of rotatable bonds is 7. The van der Waals surface area contributed by atoms with E-state index in [1.165, 1.54) is 6.07 Å². The summed E-state index contributed by atoms with van der Waals surface area (Å²) in [5.41, 5.74) is 7.96. The van der Waals surface area contributed by atoms with Crippen LogP contribution in [0.5, 0.6) is 0 Å². The minimum atomic E-state index is -0.418. The van der Waals surface area contributed by atoms with Gasteiger partial charge in [-0.25, -0.2) is 0 Å². The molecule has 162 valence electrons. The lowest BCUT2D eigenvalue weighted by molar-refractivity contribution is -0.386. The van der Waals surface area contributed by atoms with Crippen LogP contribution in [0.15, 0.2) is 36.7 Å². The molecule has 10 heteroatoms. The minimum Gasteiger partial charge on any atom is -0.397 e. The van der Waals surface area contributed by atoms with E-state index < -0.39 is 4.92 Å². The van der Waals surface area contributed by atoms with Gasteiger partial charge in [-0.1, -0.05) is 0 Å². The van der Waals surface area contributed by atoms with E-state index in [2.05, 4.69) is 9.97 Å². The number of ether oxygens (including phenoxy) is 4. The van der Waals surface area contributed by atoms with Crippen LogP contribution in [0.4, 0.5) is 11.4 Å². The minimum absolute atomic E-state index is 0.0560. The quantitative estimate of drug-likeness (QED) is 0.531. The molecule has 0 spiro atoms. The van der Waals surface area contributed by atoms with Crippen LogP contribution in [0.3, 0.4) is 0 Å². The van der Waals surface area contributed by atoms with E-state index in [0.29, 0.717) is 45.0 Å². The number of hydrogen-bond donors (Lipinski definition) is 1. The maximum absolute atomic E-state index is 10.7. The van der Waals surface area contributed by atoms with E-state index in [-0.39, 0.29) is 18.3 Å². The van der Waals surface area contributed by atoms with Crippen LogP contribution >= 0.6 is 0 Å². The fourth-order valence-electron chi connectivity index (χ4n) is 3.10. The van der Waals surface area contributed by atoms with E-state index in [0.717, 1.165) is 24.2 Å². The Hall–Kier alpha value is -2.66. The van der Waals surface area contributed by atoms with Crippen LogP contribution in [0.2, 0.25) is 0 Å². The van der Waals surface area contributed by atoms with Gasteiger partial charge in [0.25, 0.3) is 5.69 Å². The largest absolute Gasteiger partial charge is 0.397 e. The first-order chi connectivity index (χ1) is 14.6. The summed E-state index contributed by atoms with van der Waals surface area (Å²) in [5, 5.41) is 10.7. The van der Waals surface area contributed by atoms with Crippen molar-refractivity contribution in [1.29, 1.82) is 0 Å². The Labute approximate surface area is 174 Å². The molecule has 0 atom stereocenters. The third-order valence-corrected chi connectivity index (χ3v) is 4.60. The molecule has 0 unspecified atom stereocenters. The summed E-state index contributed by atoms with van der Waals surface area (Å²) in [6, 6.07) is 6.71. The highest BCUT2D eigenvalue weighted by Crippen LogP contribution is 2.19. The molecule has 2 aliphatic rings. The standard InChI is InChI=1S/C10H12N2O4.C10H14N2O2/c13-12(14)9-2-1-5-11-8(9)3-4-10-15-6-7-16-10;11-8-2-1-5-12-9(8)3-4-10-13-6-7-14-10/h1-2,5,10H,3-4,6-7H2;1-2,5,10H,3-4,6-7,11H2. The number of anilines is 1. The zero-order chi connectivity index (χ0) is 21.2. The van der Waals surface area contributed by atoms with Gasteiger partial charge in [0.2, 0.25) is 0 Å². The van der Waals surface area contributed by atoms with Crippen molar-refractivity contribution in [2.75, 3.05) is 32.2 Å². The highest BCUT2D eigenvalue weighted by Gasteiger charge is 2.19. The lowest BCUT2D eigenvalue weighted by Crippen LogP contribution is -2.10. The molecule has 4 heterocycles. The Kier molecular flexibility index (Phi) is 8.45. The molecule has 2 N–H and O–H groups in total. The number of nitro groups is 1. The lowest BCUT2D eigenvalue weighted by atomic mass is 10.2. The van der Waals surface area contributed by atoms with Crippen molar-refractivity contribution in [3.8, 4) is 0 Å². The Morgan fingerprint density at radius 1 is 0.900 bits per heavy atom. The summed E-state index contributed by atoms with van der Waals surface area (Å²) in [6.07, 6.45) is 5.69. The van der Waals surface area contributed by atoms with E-state index in [1.807, 2.05) is 12.1 Å².